The third-order valence-electron chi connectivity index (χ3n) is 3.34. The summed E-state index contributed by atoms with van der Waals surface area (Å²) in [5.74, 6) is 0.665. The van der Waals surface area contributed by atoms with Crippen LogP contribution in [0.15, 0.2) is 46.9 Å². The van der Waals surface area contributed by atoms with Gasteiger partial charge < -0.3 is 4.42 Å². The first-order valence-electron chi connectivity index (χ1n) is 6.70. The standard InChI is InChI=1S/C16H13N3O3/c1-10-6-7-14(11(2)8-10)16-18-17-15(22-16)12-4-3-5-13(9-12)19(20)21/h3-9H,1-2H3. The number of nitro groups is 1. The minimum atomic E-state index is -0.453. The van der Waals surface area contributed by atoms with E-state index in [1.54, 1.807) is 12.1 Å². The summed E-state index contributed by atoms with van der Waals surface area (Å²) in [5.41, 5.74) is 3.56. The summed E-state index contributed by atoms with van der Waals surface area (Å²) >= 11 is 0. The van der Waals surface area contributed by atoms with Gasteiger partial charge >= 0.3 is 0 Å². The Morgan fingerprint density at radius 2 is 1.82 bits per heavy atom. The van der Waals surface area contributed by atoms with Gasteiger partial charge in [0.25, 0.3) is 5.69 Å². The van der Waals surface area contributed by atoms with Gasteiger partial charge in [0.2, 0.25) is 11.8 Å². The minimum Gasteiger partial charge on any atom is -0.416 e. The first-order chi connectivity index (χ1) is 10.5. The van der Waals surface area contributed by atoms with E-state index < -0.39 is 4.92 Å². The fourth-order valence-corrected chi connectivity index (χ4v) is 2.25. The highest BCUT2D eigenvalue weighted by atomic mass is 16.6. The molecule has 3 aromatic rings. The third kappa shape index (κ3) is 2.58. The third-order valence-corrected chi connectivity index (χ3v) is 3.34. The van der Waals surface area contributed by atoms with Crippen LogP contribution in [0.5, 0.6) is 0 Å². The summed E-state index contributed by atoms with van der Waals surface area (Å²) in [6.07, 6.45) is 0. The highest BCUT2D eigenvalue weighted by Crippen LogP contribution is 2.28. The van der Waals surface area contributed by atoms with Crippen molar-refractivity contribution in [1.82, 2.24) is 10.2 Å². The molecule has 110 valence electrons. The molecule has 1 aromatic heterocycles. The van der Waals surface area contributed by atoms with Crippen molar-refractivity contribution in [3.05, 3.63) is 63.7 Å². The molecule has 2 aromatic carbocycles. The van der Waals surface area contributed by atoms with E-state index in [-0.39, 0.29) is 11.6 Å². The molecule has 6 nitrogen and oxygen atoms in total. The van der Waals surface area contributed by atoms with Gasteiger partial charge in [-0.2, -0.15) is 0 Å². The Morgan fingerprint density at radius 3 is 2.55 bits per heavy atom. The van der Waals surface area contributed by atoms with Crippen LogP contribution in [0.25, 0.3) is 22.9 Å². The molecule has 0 aliphatic rings. The summed E-state index contributed by atoms with van der Waals surface area (Å²) in [6.45, 7) is 3.98. The lowest BCUT2D eigenvalue weighted by molar-refractivity contribution is -0.384. The van der Waals surface area contributed by atoms with Gasteiger partial charge in [-0.05, 0) is 31.5 Å². The van der Waals surface area contributed by atoms with Crippen LogP contribution >= 0.6 is 0 Å². The topological polar surface area (TPSA) is 82.1 Å². The maximum atomic E-state index is 10.8. The summed E-state index contributed by atoms with van der Waals surface area (Å²) in [5, 5.41) is 18.9. The van der Waals surface area contributed by atoms with E-state index in [2.05, 4.69) is 10.2 Å². The predicted octanol–water partition coefficient (Wildman–Crippen LogP) is 3.93. The molecule has 6 heteroatoms. The van der Waals surface area contributed by atoms with Crippen molar-refractivity contribution in [2.24, 2.45) is 0 Å². The smallest absolute Gasteiger partial charge is 0.270 e. The van der Waals surface area contributed by atoms with Crippen LogP contribution in [-0.4, -0.2) is 15.1 Å². The lowest BCUT2D eigenvalue weighted by atomic mass is 10.1. The van der Waals surface area contributed by atoms with Gasteiger partial charge in [0.05, 0.1) is 4.92 Å². The van der Waals surface area contributed by atoms with Crippen LogP contribution in [0, 0.1) is 24.0 Å². The number of aromatic nitrogens is 2. The van der Waals surface area contributed by atoms with Crippen LogP contribution in [0.1, 0.15) is 11.1 Å². The number of benzene rings is 2. The molecule has 0 aliphatic carbocycles. The molecule has 22 heavy (non-hydrogen) atoms. The van der Waals surface area contributed by atoms with Crippen molar-refractivity contribution < 1.29 is 9.34 Å². The molecule has 0 radical (unpaired) electrons. The van der Waals surface area contributed by atoms with Crippen LogP contribution in [0.4, 0.5) is 5.69 Å². The van der Waals surface area contributed by atoms with Crippen LogP contribution < -0.4 is 0 Å². The Morgan fingerprint density at radius 1 is 1.05 bits per heavy atom. The van der Waals surface area contributed by atoms with Crippen LogP contribution in [-0.2, 0) is 0 Å². The van der Waals surface area contributed by atoms with Gasteiger partial charge in [-0.3, -0.25) is 10.1 Å². The highest BCUT2D eigenvalue weighted by Gasteiger charge is 2.14. The number of nitrogens with zero attached hydrogens (tertiary/aromatic N) is 3. The lowest BCUT2D eigenvalue weighted by Gasteiger charge is -2.01. The summed E-state index contributed by atoms with van der Waals surface area (Å²) in [6, 6.07) is 12.1. The number of non-ortho nitro benzene ring substituents is 1. The molecule has 0 spiro atoms. The molecule has 0 unspecified atom stereocenters. The molecule has 3 rings (SSSR count). The molecule has 0 fully saturated rings. The Hall–Kier alpha value is -3.02. The van der Waals surface area contributed by atoms with Gasteiger partial charge in [0.15, 0.2) is 0 Å². The van der Waals surface area contributed by atoms with E-state index in [4.69, 9.17) is 4.42 Å². The van der Waals surface area contributed by atoms with Crippen LogP contribution in [0.2, 0.25) is 0 Å². The summed E-state index contributed by atoms with van der Waals surface area (Å²) < 4.78 is 5.67. The lowest BCUT2D eigenvalue weighted by Crippen LogP contribution is -1.88. The fraction of sp³-hybridized carbons (Fsp3) is 0.125. The molecule has 0 saturated heterocycles. The number of rotatable bonds is 3. The Labute approximate surface area is 126 Å². The summed E-state index contributed by atoms with van der Waals surface area (Å²) in [4.78, 5) is 10.4. The van der Waals surface area contributed by atoms with Gasteiger partial charge in [-0.1, -0.05) is 23.8 Å². The van der Waals surface area contributed by atoms with E-state index in [1.165, 1.54) is 12.1 Å². The zero-order chi connectivity index (χ0) is 15.7. The molecule has 1 heterocycles. The van der Waals surface area contributed by atoms with E-state index in [0.717, 1.165) is 16.7 Å². The molecule has 0 bridgehead atoms. The quantitative estimate of drug-likeness (QED) is 0.540. The first kappa shape index (κ1) is 13.9. The van der Waals surface area contributed by atoms with E-state index >= 15 is 0 Å². The normalized spacial score (nSPS) is 10.6. The number of hydrogen-bond donors (Lipinski definition) is 0. The number of hydrogen-bond acceptors (Lipinski definition) is 5. The average molecular weight is 295 g/mol. The second kappa shape index (κ2) is 5.40. The highest BCUT2D eigenvalue weighted by molar-refractivity contribution is 5.62. The molecule has 0 amide bonds. The van der Waals surface area contributed by atoms with Gasteiger partial charge in [-0.25, -0.2) is 0 Å². The van der Waals surface area contributed by atoms with Crippen molar-refractivity contribution in [3.8, 4) is 22.9 Å². The summed E-state index contributed by atoms with van der Waals surface area (Å²) in [7, 11) is 0. The van der Waals surface area contributed by atoms with Crippen molar-refractivity contribution in [2.45, 2.75) is 13.8 Å². The molecule has 0 aliphatic heterocycles. The van der Waals surface area contributed by atoms with Gasteiger partial charge in [-0.15, -0.1) is 10.2 Å². The van der Waals surface area contributed by atoms with E-state index in [1.807, 2.05) is 32.0 Å². The van der Waals surface area contributed by atoms with Gasteiger partial charge in [0, 0.05) is 23.3 Å². The van der Waals surface area contributed by atoms with Crippen LogP contribution in [0.3, 0.4) is 0 Å². The maximum Gasteiger partial charge on any atom is 0.270 e. The molecular formula is C16H13N3O3. The molecule has 0 saturated carbocycles. The second-order valence-corrected chi connectivity index (χ2v) is 5.04. The molecule has 0 N–H and O–H groups in total. The van der Waals surface area contributed by atoms with E-state index in [9.17, 15) is 10.1 Å². The van der Waals surface area contributed by atoms with Crippen molar-refractivity contribution in [1.29, 1.82) is 0 Å². The minimum absolute atomic E-state index is 0.0104. The molecule has 0 atom stereocenters. The fourth-order valence-electron chi connectivity index (χ4n) is 2.25. The zero-order valence-corrected chi connectivity index (χ0v) is 12.1. The van der Waals surface area contributed by atoms with E-state index in [0.29, 0.717) is 11.5 Å². The SMILES string of the molecule is Cc1ccc(-c2nnc(-c3cccc([N+](=O)[O-])c3)o2)c(C)c1. The first-order valence-corrected chi connectivity index (χ1v) is 6.70. The number of aryl methyl sites for hydroxylation is 2. The van der Waals surface area contributed by atoms with Crippen molar-refractivity contribution in [2.75, 3.05) is 0 Å². The maximum absolute atomic E-state index is 10.8. The second-order valence-electron chi connectivity index (χ2n) is 5.04. The Balaban J connectivity index is 2.00. The molecular weight excluding hydrogens is 282 g/mol. The Bertz CT molecular complexity index is 855. The van der Waals surface area contributed by atoms with Crippen molar-refractivity contribution in [3.63, 3.8) is 0 Å². The van der Waals surface area contributed by atoms with Crippen molar-refractivity contribution >= 4 is 5.69 Å². The van der Waals surface area contributed by atoms with Gasteiger partial charge in [0.1, 0.15) is 0 Å². The monoisotopic (exact) mass is 295 g/mol. The largest absolute Gasteiger partial charge is 0.416 e. The Kier molecular flexibility index (Phi) is 3.42. The average Bonchev–Trinajstić information content (AvgIpc) is 2.97. The number of nitro benzene ring substituents is 1. The predicted molar refractivity (Wildman–Crippen MR) is 81.3 cm³/mol. The zero-order valence-electron chi connectivity index (χ0n) is 12.1.